The number of ether oxygens (including phenoxy) is 1. The van der Waals surface area contributed by atoms with E-state index < -0.39 is 10.0 Å². The summed E-state index contributed by atoms with van der Waals surface area (Å²) in [4.78, 5) is 2.59. The fourth-order valence-electron chi connectivity index (χ4n) is 3.34. The van der Waals surface area contributed by atoms with Crippen molar-refractivity contribution in [3.8, 4) is 5.75 Å². The smallest absolute Gasteiger partial charge is 0.243 e. The van der Waals surface area contributed by atoms with Crippen LogP contribution in [0.3, 0.4) is 0 Å². The quantitative estimate of drug-likeness (QED) is 0.688. The number of sulfonamides is 1. The minimum Gasteiger partial charge on any atom is -0.492 e. The number of piperazine rings is 1. The Bertz CT molecular complexity index is 923. The summed E-state index contributed by atoms with van der Waals surface area (Å²) in [5.74, 6) is 0.843. The van der Waals surface area contributed by atoms with Crippen molar-refractivity contribution in [2.45, 2.75) is 25.7 Å². The van der Waals surface area contributed by atoms with Crippen LogP contribution in [0, 0.1) is 13.8 Å². The van der Waals surface area contributed by atoms with Crippen LogP contribution in [0.1, 0.15) is 18.1 Å². The van der Waals surface area contributed by atoms with Gasteiger partial charge in [0.1, 0.15) is 5.75 Å². The van der Waals surface area contributed by atoms with Gasteiger partial charge in [-0.2, -0.15) is 4.31 Å². The predicted molar refractivity (Wildman–Crippen MR) is 112 cm³/mol. The third kappa shape index (κ3) is 4.15. The minimum absolute atomic E-state index is 0.395. The van der Waals surface area contributed by atoms with Gasteiger partial charge in [0.2, 0.25) is 10.0 Å². The molecule has 0 unspecified atom stereocenters. The van der Waals surface area contributed by atoms with E-state index in [-0.39, 0.29) is 0 Å². The van der Waals surface area contributed by atoms with Gasteiger partial charge in [0, 0.05) is 30.7 Å². The van der Waals surface area contributed by atoms with Crippen molar-refractivity contribution in [2.75, 3.05) is 37.7 Å². The average molecular weight is 453 g/mol. The number of aryl methyl sites for hydroxylation is 2. The molecule has 0 bridgehead atoms. The van der Waals surface area contributed by atoms with Gasteiger partial charge in [-0.3, -0.25) is 0 Å². The lowest BCUT2D eigenvalue weighted by molar-refractivity contribution is 0.337. The molecule has 1 heterocycles. The Morgan fingerprint density at radius 1 is 1.04 bits per heavy atom. The number of hydrogen-bond donors (Lipinski definition) is 0. The molecule has 1 aliphatic heterocycles. The minimum atomic E-state index is -3.50. The summed E-state index contributed by atoms with van der Waals surface area (Å²) in [7, 11) is -3.50. The molecule has 146 valence electrons. The second kappa shape index (κ2) is 8.20. The summed E-state index contributed by atoms with van der Waals surface area (Å²) in [5.41, 5.74) is 2.70. The topological polar surface area (TPSA) is 49.9 Å². The molecule has 1 fully saturated rings. The molecule has 0 aliphatic carbocycles. The van der Waals surface area contributed by atoms with E-state index in [9.17, 15) is 8.42 Å². The zero-order valence-electron chi connectivity index (χ0n) is 15.9. The van der Waals surface area contributed by atoms with Crippen LogP contribution in [-0.4, -0.2) is 45.5 Å². The molecule has 0 atom stereocenters. The normalized spacial score (nSPS) is 15.8. The van der Waals surface area contributed by atoms with Crippen molar-refractivity contribution in [1.29, 1.82) is 0 Å². The van der Waals surface area contributed by atoms with Crippen molar-refractivity contribution < 1.29 is 13.2 Å². The second-order valence-corrected chi connectivity index (χ2v) is 9.42. The van der Waals surface area contributed by atoms with Crippen LogP contribution in [-0.2, 0) is 10.0 Å². The monoisotopic (exact) mass is 452 g/mol. The Labute approximate surface area is 170 Å². The number of benzene rings is 2. The Morgan fingerprint density at radius 3 is 2.37 bits per heavy atom. The molecule has 7 heteroatoms. The van der Waals surface area contributed by atoms with E-state index >= 15 is 0 Å². The molecule has 3 rings (SSSR count). The zero-order chi connectivity index (χ0) is 19.6. The summed E-state index contributed by atoms with van der Waals surface area (Å²) in [6.07, 6.45) is 0. The standard InChI is InChI=1S/C20H25BrN2O3S/c1-4-26-19-8-6-5-7-18(19)22-9-11-23(12-10-22)27(24,25)20-14-15(2)17(21)13-16(20)3/h5-8,13-14H,4,9-12H2,1-3H3. The fraction of sp³-hybridized carbons (Fsp3) is 0.400. The maximum absolute atomic E-state index is 13.2. The summed E-state index contributed by atoms with van der Waals surface area (Å²) in [6.45, 7) is 8.50. The van der Waals surface area contributed by atoms with Gasteiger partial charge in [0.25, 0.3) is 0 Å². The molecular formula is C20H25BrN2O3S. The second-order valence-electron chi connectivity index (χ2n) is 6.66. The molecule has 0 N–H and O–H groups in total. The third-order valence-corrected chi connectivity index (χ3v) is 7.71. The lowest BCUT2D eigenvalue weighted by atomic mass is 10.2. The van der Waals surface area contributed by atoms with Crippen molar-refractivity contribution in [2.24, 2.45) is 0 Å². The van der Waals surface area contributed by atoms with Crippen molar-refractivity contribution >= 4 is 31.6 Å². The van der Waals surface area contributed by atoms with Crippen molar-refractivity contribution in [3.63, 3.8) is 0 Å². The molecule has 27 heavy (non-hydrogen) atoms. The molecule has 1 aliphatic rings. The number of para-hydroxylation sites is 2. The molecule has 0 amide bonds. The van der Waals surface area contributed by atoms with Gasteiger partial charge in [-0.15, -0.1) is 0 Å². The SMILES string of the molecule is CCOc1ccccc1N1CCN(S(=O)(=O)c2cc(C)c(Br)cc2C)CC1. The Kier molecular flexibility index (Phi) is 6.13. The first-order valence-electron chi connectivity index (χ1n) is 9.08. The maximum atomic E-state index is 13.2. The molecular weight excluding hydrogens is 428 g/mol. The van der Waals surface area contributed by atoms with Gasteiger partial charge in [-0.25, -0.2) is 8.42 Å². The highest BCUT2D eigenvalue weighted by Gasteiger charge is 2.30. The predicted octanol–water partition coefficient (Wildman–Crippen LogP) is 3.98. The van der Waals surface area contributed by atoms with Crippen LogP contribution in [0.15, 0.2) is 45.8 Å². The Balaban J connectivity index is 1.79. The third-order valence-electron chi connectivity index (χ3n) is 4.82. The van der Waals surface area contributed by atoms with E-state index in [2.05, 4.69) is 20.8 Å². The van der Waals surface area contributed by atoms with Gasteiger partial charge >= 0.3 is 0 Å². The van der Waals surface area contributed by atoms with Crippen LogP contribution < -0.4 is 9.64 Å². The maximum Gasteiger partial charge on any atom is 0.243 e. The highest BCUT2D eigenvalue weighted by atomic mass is 79.9. The van der Waals surface area contributed by atoms with Crippen LogP contribution in [0.25, 0.3) is 0 Å². The number of hydrogen-bond acceptors (Lipinski definition) is 4. The first-order valence-corrected chi connectivity index (χ1v) is 11.3. The van der Waals surface area contributed by atoms with E-state index in [1.807, 2.05) is 51.1 Å². The van der Waals surface area contributed by atoms with Crippen LogP contribution >= 0.6 is 15.9 Å². The molecule has 0 saturated carbocycles. The molecule has 0 radical (unpaired) electrons. The van der Waals surface area contributed by atoms with E-state index in [4.69, 9.17) is 4.74 Å². The van der Waals surface area contributed by atoms with E-state index in [1.165, 1.54) is 0 Å². The highest BCUT2D eigenvalue weighted by molar-refractivity contribution is 9.10. The van der Waals surface area contributed by atoms with Crippen molar-refractivity contribution in [3.05, 3.63) is 52.0 Å². The highest BCUT2D eigenvalue weighted by Crippen LogP contribution is 2.31. The summed E-state index contributed by atoms with van der Waals surface area (Å²) >= 11 is 3.47. The van der Waals surface area contributed by atoms with Gasteiger partial charge < -0.3 is 9.64 Å². The fourth-order valence-corrected chi connectivity index (χ4v) is 5.51. The lowest BCUT2D eigenvalue weighted by Gasteiger charge is -2.36. The molecule has 2 aromatic carbocycles. The van der Waals surface area contributed by atoms with Gasteiger partial charge in [0.15, 0.2) is 0 Å². The van der Waals surface area contributed by atoms with Gasteiger partial charge in [-0.05, 0) is 56.2 Å². The number of halogens is 1. The Morgan fingerprint density at radius 2 is 1.70 bits per heavy atom. The zero-order valence-corrected chi connectivity index (χ0v) is 18.3. The number of nitrogens with zero attached hydrogens (tertiary/aromatic N) is 2. The van der Waals surface area contributed by atoms with Gasteiger partial charge in [-0.1, -0.05) is 28.1 Å². The molecule has 0 spiro atoms. The molecule has 2 aromatic rings. The van der Waals surface area contributed by atoms with Crippen molar-refractivity contribution in [1.82, 2.24) is 4.31 Å². The molecule has 5 nitrogen and oxygen atoms in total. The summed E-state index contributed by atoms with van der Waals surface area (Å²) < 4.78 is 34.5. The first-order chi connectivity index (χ1) is 12.8. The van der Waals surface area contributed by atoms with E-state index in [0.717, 1.165) is 27.0 Å². The van der Waals surface area contributed by atoms with E-state index in [0.29, 0.717) is 37.7 Å². The number of rotatable bonds is 5. The van der Waals surface area contributed by atoms with Crippen LogP contribution in [0.4, 0.5) is 5.69 Å². The van der Waals surface area contributed by atoms with Gasteiger partial charge in [0.05, 0.1) is 17.2 Å². The van der Waals surface area contributed by atoms with Crippen LogP contribution in [0.2, 0.25) is 0 Å². The summed E-state index contributed by atoms with van der Waals surface area (Å²) in [6, 6.07) is 11.5. The largest absolute Gasteiger partial charge is 0.492 e. The van der Waals surface area contributed by atoms with Crippen LogP contribution in [0.5, 0.6) is 5.75 Å². The number of anilines is 1. The first kappa shape index (κ1) is 20.2. The summed E-state index contributed by atoms with van der Waals surface area (Å²) in [5, 5.41) is 0. The Hall–Kier alpha value is -1.57. The average Bonchev–Trinajstić information content (AvgIpc) is 2.65. The van der Waals surface area contributed by atoms with E-state index in [1.54, 1.807) is 10.4 Å². The lowest BCUT2D eigenvalue weighted by Crippen LogP contribution is -2.48. The molecule has 0 aromatic heterocycles. The molecule has 1 saturated heterocycles.